The third kappa shape index (κ3) is 3.32. The van der Waals surface area contributed by atoms with E-state index >= 15 is 0 Å². The smallest absolute Gasteiger partial charge is 0.299 e. The molecule has 0 heterocycles. The summed E-state index contributed by atoms with van der Waals surface area (Å²) in [6, 6.07) is 5.20. The highest BCUT2D eigenvalue weighted by Gasteiger charge is 2.31. The van der Waals surface area contributed by atoms with Crippen molar-refractivity contribution in [1.82, 2.24) is 0 Å². The minimum absolute atomic E-state index is 0.181. The van der Waals surface area contributed by atoms with Crippen LogP contribution in [0.4, 0.5) is 13.2 Å². The Kier molecular flexibility index (Phi) is 3.22. The van der Waals surface area contributed by atoms with E-state index in [4.69, 9.17) is 0 Å². The van der Waals surface area contributed by atoms with Gasteiger partial charge in [-0.2, -0.15) is 13.2 Å². The highest BCUT2D eigenvalue weighted by Crippen LogP contribution is 2.32. The number of benzene rings is 1. The predicted octanol–water partition coefficient (Wildman–Crippen LogP) is 3.62. The number of halogens is 3. The van der Waals surface area contributed by atoms with Gasteiger partial charge in [0.25, 0.3) is 0 Å². The van der Waals surface area contributed by atoms with Crippen molar-refractivity contribution in [1.29, 1.82) is 0 Å². The molecule has 1 fully saturated rings. The number of carbonyl (C=O) groups excluding carboxylic acids is 1. The van der Waals surface area contributed by atoms with Gasteiger partial charge >= 0.3 is 6.18 Å². The number of carbonyl (C=O) groups is 1. The number of Topliss-reactive ketones (excluding diaryl/α,β-unsaturated/α-hetero) is 1. The van der Waals surface area contributed by atoms with Crippen LogP contribution < -0.4 is 0 Å². The number of hydrogen-bond donors (Lipinski definition) is 0. The summed E-state index contributed by atoms with van der Waals surface area (Å²) in [6.07, 6.45) is -1.66. The third-order valence-corrected chi connectivity index (χ3v) is 2.95. The maximum absolute atomic E-state index is 12.4. The minimum atomic E-state index is -4.31. The van der Waals surface area contributed by atoms with Crippen LogP contribution in [0, 0.1) is 5.92 Å². The van der Waals surface area contributed by atoms with Crippen molar-refractivity contribution < 1.29 is 18.0 Å². The minimum Gasteiger partial charge on any atom is -0.299 e. The number of alkyl halides is 3. The van der Waals surface area contributed by atoms with Crippen LogP contribution in [0.3, 0.4) is 0 Å². The van der Waals surface area contributed by atoms with Crippen molar-refractivity contribution in [3.8, 4) is 0 Å². The second-order valence-corrected chi connectivity index (χ2v) is 4.44. The number of rotatable bonds is 4. The molecule has 0 bridgehead atoms. The fourth-order valence-electron chi connectivity index (χ4n) is 1.78. The molecule has 17 heavy (non-hydrogen) atoms. The maximum atomic E-state index is 12.4. The van der Waals surface area contributed by atoms with E-state index in [1.54, 1.807) is 6.07 Å². The molecule has 0 N–H and O–H groups in total. The Morgan fingerprint density at radius 2 is 2.00 bits per heavy atom. The molecule has 1 aliphatic rings. The van der Waals surface area contributed by atoms with Gasteiger partial charge in [-0.1, -0.05) is 18.2 Å². The van der Waals surface area contributed by atoms with Crippen LogP contribution in [-0.2, 0) is 17.4 Å². The summed E-state index contributed by atoms with van der Waals surface area (Å²) < 4.78 is 37.3. The number of ketones is 1. The first-order valence-electron chi connectivity index (χ1n) is 5.65. The van der Waals surface area contributed by atoms with E-state index in [9.17, 15) is 18.0 Å². The maximum Gasteiger partial charge on any atom is 0.416 e. The van der Waals surface area contributed by atoms with E-state index in [-0.39, 0.29) is 11.7 Å². The molecule has 1 aromatic rings. The fraction of sp³-hybridized carbons (Fsp3) is 0.462. The monoisotopic (exact) mass is 242 g/mol. The Bertz CT molecular complexity index is 419. The molecule has 0 atom stereocenters. The molecule has 0 spiro atoms. The summed E-state index contributed by atoms with van der Waals surface area (Å²) in [5.41, 5.74) is -0.0669. The van der Waals surface area contributed by atoms with E-state index in [2.05, 4.69) is 0 Å². The van der Waals surface area contributed by atoms with Crippen molar-refractivity contribution in [2.24, 2.45) is 5.92 Å². The van der Waals surface area contributed by atoms with E-state index in [1.807, 2.05) is 0 Å². The summed E-state index contributed by atoms with van der Waals surface area (Å²) in [4.78, 5) is 11.4. The molecule has 1 aromatic carbocycles. The van der Waals surface area contributed by atoms with Crippen LogP contribution in [0.1, 0.15) is 30.4 Å². The Morgan fingerprint density at radius 3 is 2.59 bits per heavy atom. The molecule has 0 unspecified atom stereocenters. The standard InChI is InChI=1S/C13H13F3O/c14-13(15,16)11-3-1-2-9(8-11)4-7-12(17)10-5-6-10/h1-3,8,10H,4-7H2. The number of hydrogen-bond acceptors (Lipinski definition) is 1. The lowest BCUT2D eigenvalue weighted by Gasteiger charge is -2.08. The summed E-state index contributed by atoms with van der Waals surface area (Å²) in [5, 5.41) is 0. The average Bonchev–Trinajstić information content (AvgIpc) is 3.09. The molecular weight excluding hydrogens is 229 g/mol. The molecule has 0 amide bonds. The molecular formula is C13H13F3O. The van der Waals surface area contributed by atoms with Crippen molar-refractivity contribution >= 4 is 5.78 Å². The molecule has 2 rings (SSSR count). The van der Waals surface area contributed by atoms with Gasteiger partial charge in [-0.15, -0.1) is 0 Å². The summed E-state index contributed by atoms with van der Waals surface area (Å²) in [6.45, 7) is 0. The molecule has 1 aliphatic carbocycles. The molecule has 0 radical (unpaired) electrons. The Labute approximate surface area is 97.6 Å². The van der Waals surface area contributed by atoms with Crippen LogP contribution in [-0.4, -0.2) is 5.78 Å². The largest absolute Gasteiger partial charge is 0.416 e. The number of aryl methyl sites for hydroxylation is 1. The van der Waals surface area contributed by atoms with E-state index < -0.39 is 11.7 Å². The summed E-state index contributed by atoms with van der Waals surface area (Å²) >= 11 is 0. The molecule has 1 saturated carbocycles. The van der Waals surface area contributed by atoms with Crippen LogP contribution >= 0.6 is 0 Å². The van der Waals surface area contributed by atoms with Crippen LogP contribution in [0.5, 0.6) is 0 Å². The quantitative estimate of drug-likeness (QED) is 0.788. The Balaban J connectivity index is 1.98. The van der Waals surface area contributed by atoms with Gasteiger partial charge in [0.15, 0.2) is 0 Å². The lowest BCUT2D eigenvalue weighted by molar-refractivity contribution is -0.137. The van der Waals surface area contributed by atoms with Crippen LogP contribution in [0.15, 0.2) is 24.3 Å². The highest BCUT2D eigenvalue weighted by molar-refractivity contribution is 5.83. The van der Waals surface area contributed by atoms with Crippen molar-refractivity contribution in [3.05, 3.63) is 35.4 Å². The van der Waals surface area contributed by atoms with Gasteiger partial charge in [0, 0.05) is 12.3 Å². The lowest BCUT2D eigenvalue weighted by atomic mass is 10.0. The van der Waals surface area contributed by atoms with Crippen molar-refractivity contribution in [2.75, 3.05) is 0 Å². The van der Waals surface area contributed by atoms with Gasteiger partial charge in [-0.25, -0.2) is 0 Å². The van der Waals surface area contributed by atoms with Gasteiger partial charge in [-0.05, 0) is 30.9 Å². The summed E-state index contributed by atoms with van der Waals surface area (Å²) in [7, 11) is 0. The molecule has 0 aromatic heterocycles. The Hall–Kier alpha value is -1.32. The zero-order valence-corrected chi connectivity index (χ0v) is 9.26. The average molecular weight is 242 g/mol. The second kappa shape index (κ2) is 4.51. The highest BCUT2D eigenvalue weighted by atomic mass is 19.4. The van der Waals surface area contributed by atoms with Crippen LogP contribution in [0.2, 0.25) is 0 Å². The lowest BCUT2D eigenvalue weighted by Crippen LogP contribution is -2.06. The first kappa shape index (κ1) is 12.1. The molecule has 0 aliphatic heterocycles. The summed E-state index contributed by atoms with van der Waals surface area (Å²) in [5.74, 6) is 0.364. The van der Waals surface area contributed by atoms with Gasteiger partial charge in [0.05, 0.1) is 5.56 Å². The third-order valence-electron chi connectivity index (χ3n) is 2.95. The van der Waals surface area contributed by atoms with E-state index in [0.29, 0.717) is 18.4 Å². The molecule has 0 saturated heterocycles. The van der Waals surface area contributed by atoms with E-state index in [1.165, 1.54) is 6.07 Å². The zero-order chi connectivity index (χ0) is 12.5. The van der Waals surface area contributed by atoms with Gasteiger partial charge in [0.2, 0.25) is 0 Å². The van der Waals surface area contributed by atoms with Crippen molar-refractivity contribution in [3.63, 3.8) is 0 Å². The SMILES string of the molecule is O=C(CCc1cccc(C(F)(F)F)c1)C1CC1. The predicted molar refractivity (Wildman–Crippen MR) is 57.5 cm³/mol. The first-order valence-corrected chi connectivity index (χ1v) is 5.65. The van der Waals surface area contributed by atoms with Gasteiger partial charge in [-0.3, -0.25) is 4.79 Å². The zero-order valence-electron chi connectivity index (χ0n) is 9.26. The van der Waals surface area contributed by atoms with Gasteiger partial charge in [0.1, 0.15) is 5.78 Å². The second-order valence-electron chi connectivity index (χ2n) is 4.44. The normalized spacial score (nSPS) is 15.9. The van der Waals surface area contributed by atoms with Crippen molar-refractivity contribution in [2.45, 2.75) is 31.9 Å². The first-order chi connectivity index (χ1) is 7.97. The van der Waals surface area contributed by atoms with Gasteiger partial charge < -0.3 is 0 Å². The molecule has 92 valence electrons. The fourth-order valence-corrected chi connectivity index (χ4v) is 1.78. The topological polar surface area (TPSA) is 17.1 Å². The van der Waals surface area contributed by atoms with E-state index in [0.717, 1.165) is 25.0 Å². The molecule has 4 heteroatoms. The van der Waals surface area contributed by atoms with Crippen LogP contribution in [0.25, 0.3) is 0 Å². The Morgan fingerprint density at radius 1 is 1.29 bits per heavy atom. The molecule has 1 nitrogen and oxygen atoms in total.